The molecule has 0 unspecified atom stereocenters. The smallest absolute Gasteiger partial charge is 0.0897 e. The molecule has 0 atom stereocenters. The standard InChI is InChI=1S/C19H23NO2/c20-17-9-11-19(22,12-10-17)16-7-5-14(6-8-16)18-4-2-1-3-15(18)13-21/h1-8,17,21-22H,9-13,20H2. The molecule has 0 amide bonds. The van der Waals surface area contributed by atoms with Crippen LogP contribution in [0.25, 0.3) is 11.1 Å². The molecule has 0 saturated heterocycles. The van der Waals surface area contributed by atoms with E-state index in [1.54, 1.807) is 0 Å². The van der Waals surface area contributed by atoms with Gasteiger partial charge in [-0.25, -0.2) is 0 Å². The van der Waals surface area contributed by atoms with E-state index in [-0.39, 0.29) is 12.6 Å². The van der Waals surface area contributed by atoms with Gasteiger partial charge in [0.05, 0.1) is 12.2 Å². The molecule has 0 bridgehead atoms. The van der Waals surface area contributed by atoms with Crippen molar-refractivity contribution >= 4 is 0 Å². The number of aliphatic hydroxyl groups excluding tert-OH is 1. The molecule has 2 aromatic rings. The number of hydrogen-bond acceptors (Lipinski definition) is 3. The van der Waals surface area contributed by atoms with Crippen LogP contribution in [-0.4, -0.2) is 16.3 Å². The Hall–Kier alpha value is -1.68. The number of rotatable bonds is 3. The van der Waals surface area contributed by atoms with E-state index in [2.05, 4.69) is 0 Å². The Morgan fingerprint density at radius 3 is 2.27 bits per heavy atom. The Balaban J connectivity index is 1.87. The fraction of sp³-hybridized carbons (Fsp3) is 0.368. The van der Waals surface area contributed by atoms with Gasteiger partial charge in [-0.2, -0.15) is 0 Å². The Labute approximate surface area is 131 Å². The van der Waals surface area contributed by atoms with Crippen LogP contribution in [0.2, 0.25) is 0 Å². The summed E-state index contributed by atoms with van der Waals surface area (Å²) in [7, 11) is 0. The van der Waals surface area contributed by atoms with Crippen LogP contribution in [-0.2, 0) is 12.2 Å². The summed E-state index contributed by atoms with van der Waals surface area (Å²) in [5, 5.41) is 20.3. The fourth-order valence-electron chi connectivity index (χ4n) is 3.31. The molecule has 3 heteroatoms. The zero-order valence-corrected chi connectivity index (χ0v) is 12.7. The first-order valence-electron chi connectivity index (χ1n) is 7.90. The largest absolute Gasteiger partial charge is 0.392 e. The van der Waals surface area contributed by atoms with Crippen molar-refractivity contribution in [3.63, 3.8) is 0 Å². The number of nitrogens with two attached hydrogens (primary N) is 1. The lowest BCUT2D eigenvalue weighted by Crippen LogP contribution is -2.36. The van der Waals surface area contributed by atoms with E-state index in [9.17, 15) is 10.2 Å². The van der Waals surface area contributed by atoms with Gasteiger partial charge in [0.2, 0.25) is 0 Å². The van der Waals surface area contributed by atoms with Gasteiger partial charge < -0.3 is 15.9 Å². The molecule has 22 heavy (non-hydrogen) atoms. The first-order valence-corrected chi connectivity index (χ1v) is 7.90. The topological polar surface area (TPSA) is 66.5 Å². The molecule has 0 aliphatic heterocycles. The first-order chi connectivity index (χ1) is 10.6. The predicted molar refractivity (Wildman–Crippen MR) is 88.1 cm³/mol. The first kappa shape index (κ1) is 15.2. The van der Waals surface area contributed by atoms with E-state index in [0.717, 1.165) is 47.9 Å². The van der Waals surface area contributed by atoms with Crippen LogP contribution in [0.4, 0.5) is 0 Å². The third-order valence-corrected chi connectivity index (χ3v) is 4.78. The van der Waals surface area contributed by atoms with Gasteiger partial charge in [-0.1, -0.05) is 48.5 Å². The highest BCUT2D eigenvalue weighted by atomic mass is 16.3. The summed E-state index contributed by atoms with van der Waals surface area (Å²) in [5.74, 6) is 0. The van der Waals surface area contributed by atoms with E-state index in [1.807, 2.05) is 48.5 Å². The molecule has 0 heterocycles. The van der Waals surface area contributed by atoms with Crippen LogP contribution in [0.5, 0.6) is 0 Å². The predicted octanol–water partition coefficient (Wildman–Crippen LogP) is 2.93. The Morgan fingerprint density at radius 2 is 1.64 bits per heavy atom. The lowest BCUT2D eigenvalue weighted by Gasteiger charge is -2.35. The van der Waals surface area contributed by atoms with E-state index in [0.29, 0.717) is 0 Å². The van der Waals surface area contributed by atoms with Crippen LogP contribution in [0.15, 0.2) is 48.5 Å². The lowest BCUT2D eigenvalue weighted by atomic mass is 9.77. The van der Waals surface area contributed by atoms with Crippen molar-refractivity contribution in [2.75, 3.05) is 0 Å². The minimum absolute atomic E-state index is 0.0275. The highest BCUT2D eigenvalue weighted by molar-refractivity contribution is 5.67. The summed E-state index contributed by atoms with van der Waals surface area (Å²) in [5.41, 5.74) is 9.16. The molecule has 0 radical (unpaired) electrons. The van der Waals surface area contributed by atoms with Crippen molar-refractivity contribution in [2.45, 2.75) is 43.9 Å². The number of aliphatic hydroxyl groups is 2. The Morgan fingerprint density at radius 1 is 1.00 bits per heavy atom. The molecule has 1 aliphatic carbocycles. The van der Waals surface area contributed by atoms with Crippen LogP contribution in [0.3, 0.4) is 0 Å². The van der Waals surface area contributed by atoms with Crippen LogP contribution < -0.4 is 5.73 Å². The summed E-state index contributed by atoms with van der Waals surface area (Å²) < 4.78 is 0. The Kier molecular flexibility index (Phi) is 4.30. The second-order valence-corrected chi connectivity index (χ2v) is 6.26. The maximum absolute atomic E-state index is 10.8. The molecule has 3 nitrogen and oxygen atoms in total. The van der Waals surface area contributed by atoms with Crippen LogP contribution in [0, 0.1) is 0 Å². The van der Waals surface area contributed by atoms with Gasteiger partial charge in [0.1, 0.15) is 0 Å². The van der Waals surface area contributed by atoms with Crippen LogP contribution in [0.1, 0.15) is 36.8 Å². The lowest BCUT2D eigenvalue weighted by molar-refractivity contribution is -0.00495. The van der Waals surface area contributed by atoms with Crippen LogP contribution >= 0.6 is 0 Å². The SMILES string of the molecule is NC1CCC(O)(c2ccc(-c3ccccc3CO)cc2)CC1. The third-order valence-electron chi connectivity index (χ3n) is 4.78. The summed E-state index contributed by atoms with van der Waals surface area (Å²) in [6, 6.07) is 16.1. The van der Waals surface area contributed by atoms with E-state index in [4.69, 9.17) is 5.73 Å². The number of hydrogen-bond donors (Lipinski definition) is 3. The summed E-state index contributed by atoms with van der Waals surface area (Å²) in [4.78, 5) is 0. The van der Waals surface area contributed by atoms with Crippen molar-refractivity contribution in [2.24, 2.45) is 5.73 Å². The van der Waals surface area contributed by atoms with Crippen molar-refractivity contribution < 1.29 is 10.2 Å². The van der Waals surface area contributed by atoms with E-state index in [1.165, 1.54) is 0 Å². The molecule has 3 rings (SSSR count). The average Bonchev–Trinajstić information content (AvgIpc) is 2.58. The zero-order valence-electron chi connectivity index (χ0n) is 12.7. The monoisotopic (exact) mass is 297 g/mol. The van der Waals surface area contributed by atoms with Gasteiger partial charge >= 0.3 is 0 Å². The van der Waals surface area contributed by atoms with E-state index < -0.39 is 5.60 Å². The molecular formula is C19H23NO2. The van der Waals surface area contributed by atoms with Gasteiger partial charge in [0.15, 0.2) is 0 Å². The normalized spacial score (nSPS) is 25.1. The summed E-state index contributed by atoms with van der Waals surface area (Å²) >= 11 is 0. The van der Waals surface area contributed by atoms with Gasteiger partial charge in [0, 0.05) is 6.04 Å². The zero-order chi connectivity index (χ0) is 15.6. The maximum atomic E-state index is 10.8. The van der Waals surface area contributed by atoms with Crippen molar-refractivity contribution in [1.82, 2.24) is 0 Å². The van der Waals surface area contributed by atoms with Gasteiger partial charge in [-0.3, -0.25) is 0 Å². The average molecular weight is 297 g/mol. The summed E-state index contributed by atoms with van der Waals surface area (Å²) in [6.07, 6.45) is 3.18. The van der Waals surface area contributed by atoms with Crippen molar-refractivity contribution in [3.05, 3.63) is 59.7 Å². The Bertz CT molecular complexity index is 628. The highest BCUT2D eigenvalue weighted by Crippen LogP contribution is 2.37. The third kappa shape index (κ3) is 2.93. The molecule has 1 fully saturated rings. The summed E-state index contributed by atoms with van der Waals surface area (Å²) in [6.45, 7) is 0.0275. The van der Waals surface area contributed by atoms with Gasteiger partial charge in [-0.05, 0) is 47.9 Å². The number of benzene rings is 2. The highest BCUT2D eigenvalue weighted by Gasteiger charge is 2.33. The molecular weight excluding hydrogens is 274 g/mol. The molecule has 1 aliphatic rings. The van der Waals surface area contributed by atoms with Gasteiger partial charge in [0.25, 0.3) is 0 Å². The minimum atomic E-state index is -0.745. The van der Waals surface area contributed by atoms with Gasteiger partial charge in [-0.15, -0.1) is 0 Å². The molecule has 116 valence electrons. The van der Waals surface area contributed by atoms with Crippen molar-refractivity contribution in [1.29, 1.82) is 0 Å². The maximum Gasteiger partial charge on any atom is 0.0897 e. The second kappa shape index (κ2) is 6.21. The van der Waals surface area contributed by atoms with Crippen molar-refractivity contribution in [3.8, 4) is 11.1 Å². The quantitative estimate of drug-likeness (QED) is 0.816. The molecule has 1 saturated carbocycles. The molecule has 2 aromatic carbocycles. The molecule has 0 aromatic heterocycles. The second-order valence-electron chi connectivity index (χ2n) is 6.26. The minimum Gasteiger partial charge on any atom is -0.392 e. The van der Waals surface area contributed by atoms with E-state index >= 15 is 0 Å². The fourth-order valence-corrected chi connectivity index (χ4v) is 3.31. The molecule has 0 spiro atoms. The molecule has 4 N–H and O–H groups in total.